The topological polar surface area (TPSA) is 0 Å². The van der Waals surface area contributed by atoms with E-state index < -0.39 is 0 Å². The second-order valence-electron chi connectivity index (χ2n) is 5.78. The second kappa shape index (κ2) is 7.75. The maximum absolute atomic E-state index is 5.67. The van der Waals surface area contributed by atoms with Crippen molar-refractivity contribution < 1.29 is 0 Å². The van der Waals surface area contributed by atoms with E-state index in [-0.39, 0.29) is 0 Å². The highest BCUT2D eigenvalue weighted by atomic mass is 35.5. The predicted octanol–water partition coefficient (Wildman–Crippen LogP) is 6.06. The lowest BCUT2D eigenvalue weighted by Gasteiger charge is -2.27. The van der Waals surface area contributed by atoms with Gasteiger partial charge in [-0.25, -0.2) is 0 Å². The number of hydrogen-bond donors (Lipinski definition) is 0. The van der Waals surface area contributed by atoms with Gasteiger partial charge in [0.2, 0.25) is 0 Å². The predicted molar refractivity (Wildman–Crippen MR) is 84.7 cm³/mol. The van der Waals surface area contributed by atoms with Crippen LogP contribution in [0.4, 0.5) is 0 Å². The zero-order valence-electron chi connectivity index (χ0n) is 11.9. The molecule has 0 aromatic heterocycles. The summed E-state index contributed by atoms with van der Waals surface area (Å²) in [7, 11) is 0. The van der Waals surface area contributed by atoms with Gasteiger partial charge in [-0.3, -0.25) is 0 Å². The quantitative estimate of drug-likeness (QED) is 0.613. The largest absolute Gasteiger partial charge is 0.0933 e. The summed E-state index contributed by atoms with van der Waals surface area (Å²) in [6, 6.07) is 9.37. The first-order chi connectivity index (χ1) is 9.33. The number of allylic oxidation sites excluding steroid dienone is 1. The molecule has 1 aromatic carbocycles. The lowest BCUT2D eigenvalue weighted by Crippen LogP contribution is -2.11. The molecule has 0 bridgehead atoms. The molecular formula is C18H25Cl. The zero-order chi connectivity index (χ0) is 13.5. The van der Waals surface area contributed by atoms with Crippen molar-refractivity contribution in [3.63, 3.8) is 0 Å². The molecule has 0 saturated heterocycles. The molecule has 104 valence electrons. The Labute approximate surface area is 122 Å². The molecule has 2 rings (SSSR count). The van der Waals surface area contributed by atoms with Gasteiger partial charge in [-0.05, 0) is 61.5 Å². The van der Waals surface area contributed by atoms with Crippen LogP contribution in [0.2, 0.25) is 0 Å². The van der Waals surface area contributed by atoms with Crippen molar-refractivity contribution in [1.82, 2.24) is 0 Å². The van der Waals surface area contributed by atoms with Crippen molar-refractivity contribution in [2.45, 2.75) is 57.8 Å². The molecule has 0 amide bonds. The molecule has 19 heavy (non-hydrogen) atoms. The first-order valence-electron chi connectivity index (χ1n) is 7.69. The monoisotopic (exact) mass is 276 g/mol. The van der Waals surface area contributed by atoms with Crippen LogP contribution in [0.15, 0.2) is 35.9 Å². The highest BCUT2D eigenvalue weighted by molar-refractivity contribution is 6.25. The van der Waals surface area contributed by atoms with E-state index in [1.807, 2.05) is 0 Å². The Morgan fingerprint density at radius 1 is 1.11 bits per heavy atom. The molecule has 0 atom stereocenters. The molecule has 0 nitrogen and oxygen atoms in total. The maximum Gasteiger partial charge on any atom is 0.000525 e. The van der Waals surface area contributed by atoms with Crippen molar-refractivity contribution >= 4 is 11.6 Å². The summed E-state index contributed by atoms with van der Waals surface area (Å²) >= 11 is 5.67. The Hall–Kier alpha value is -0.750. The summed E-state index contributed by atoms with van der Waals surface area (Å²) in [4.78, 5) is 0. The third kappa shape index (κ3) is 4.38. The van der Waals surface area contributed by atoms with Crippen LogP contribution in [-0.2, 0) is 6.42 Å². The van der Waals surface area contributed by atoms with Crippen LogP contribution in [0.1, 0.15) is 62.5 Å². The molecule has 0 N–H and O–H groups in total. The maximum atomic E-state index is 5.67. The van der Waals surface area contributed by atoms with Gasteiger partial charge in [0.1, 0.15) is 0 Å². The fourth-order valence-corrected chi connectivity index (χ4v) is 3.29. The zero-order valence-corrected chi connectivity index (χ0v) is 12.7. The van der Waals surface area contributed by atoms with Gasteiger partial charge in [0.25, 0.3) is 0 Å². The normalized spacial score (nSPS) is 23.9. The highest BCUT2D eigenvalue weighted by Crippen LogP contribution is 2.36. The van der Waals surface area contributed by atoms with E-state index in [1.165, 1.54) is 56.1 Å². The van der Waals surface area contributed by atoms with E-state index in [1.54, 1.807) is 5.54 Å². The lowest BCUT2D eigenvalue weighted by molar-refractivity contribution is 0.376. The van der Waals surface area contributed by atoms with E-state index in [4.69, 9.17) is 11.6 Å². The van der Waals surface area contributed by atoms with Gasteiger partial charge in [-0.15, -0.1) is 0 Å². The number of unbranched alkanes of at least 4 members (excludes halogenated alkanes) is 1. The van der Waals surface area contributed by atoms with Gasteiger partial charge in [-0.1, -0.05) is 55.3 Å². The van der Waals surface area contributed by atoms with Crippen LogP contribution in [0.3, 0.4) is 0 Å². The summed E-state index contributed by atoms with van der Waals surface area (Å²) in [6.45, 7) is 2.25. The minimum Gasteiger partial charge on any atom is -0.0933 e. The molecule has 1 aliphatic rings. The van der Waals surface area contributed by atoms with E-state index in [9.17, 15) is 0 Å². The van der Waals surface area contributed by atoms with Crippen molar-refractivity contribution in [2.75, 3.05) is 0 Å². The molecule has 1 aromatic rings. The smallest absolute Gasteiger partial charge is 0.000525 e. The van der Waals surface area contributed by atoms with Crippen LogP contribution >= 0.6 is 11.6 Å². The first-order valence-corrected chi connectivity index (χ1v) is 8.13. The summed E-state index contributed by atoms with van der Waals surface area (Å²) in [5.74, 6) is 1.47. The molecule has 0 aliphatic heterocycles. The molecule has 1 heteroatoms. The fourth-order valence-electron chi connectivity index (χ4n) is 3.09. The fraction of sp³-hybridized carbons (Fsp3) is 0.556. The van der Waals surface area contributed by atoms with Crippen LogP contribution in [0.5, 0.6) is 0 Å². The minimum absolute atomic E-state index is 0.706. The van der Waals surface area contributed by atoms with Crippen LogP contribution in [0, 0.1) is 5.92 Å². The number of halogens is 1. The second-order valence-corrected chi connectivity index (χ2v) is 6.03. The summed E-state index contributed by atoms with van der Waals surface area (Å²) in [5.41, 5.74) is 4.71. The van der Waals surface area contributed by atoms with Crippen molar-refractivity contribution in [1.29, 1.82) is 0 Å². The number of hydrogen-bond acceptors (Lipinski definition) is 0. The Morgan fingerprint density at radius 3 is 2.37 bits per heavy atom. The summed E-state index contributed by atoms with van der Waals surface area (Å²) in [5, 5.41) is 0. The van der Waals surface area contributed by atoms with Crippen molar-refractivity contribution in [3.05, 3.63) is 47.0 Å². The van der Waals surface area contributed by atoms with Gasteiger partial charge < -0.3 is 0 Å². The van der Waals surface area contributed by atoms with Gasteiger partial charge in [0.15, 0.2) is 0 Å². The molecule has 1 saturated carbocycles. The molecule has 0 spiro atoms. The van der Waals surface area contributed by atoms with E-state index >= 15 is 0 Å². The van der Waals surface area contributed by atoms with Gasteiger partial charge in [-0.2, -0.15) is 0 Å². The Bertz CT molecular complexity index is 383. The Balaban J connectivity index is 1.89. The van der Waals surface area contributed by atoms with E-state index in [0.717, 1.165) is 5.92 Å². The standard InChI is InChI=1S/C18H25Cl/c1-2-3-4-15-5-9-17(10-6-15)18-11-7-16(8-12-18)13-14-19/h5-6,9-10,13-14,16,18H,2-4,7-8,11-12H2,1H3/b14-13+/t16-,18-. The number of aryl methyl sites for hydroxylation is 1. The Morgan fingerprint density at radius 2 is 1.79 bits per heavy atom. The highest BCUT2D eigenvalue weighted by Gasteiger charge is 2.20. The van der Waals surface area contributed by atoms with E-state index in [2.05, 4.69) is 37.3 Å². The van der Waals surface area contributed by atoms with Gasteiger partial charge in [0, 0.05) is 5.54 Å². The van der Waals surface area contributed by atoms with Gasteiger partial charge in [0.05, 0.1) is 0 Å². The molecule has 0 heterocycles. The third-order valence-electron chi connectivity index (χ3n) is 4.39. The van der Waals surface area contributed by atoms with Crippen molar-refractivity contribution in [3.8, 4) is 0 Å². The molecular weight excluding hydrogens is 252 g/mol. The van der Waals surface area contributed by atoms with Crippen LogP contribution in [0.25, 0.3) is 0 Å². The average molecular weight is 277 g/mol. The van der Waals surface area contributed by atoms with Gasteiger partial charge >= 0.3 is 0 Å². The summed E-state index contributed by atoms with van der Waals surface area (Å²) < 4.78 is 0. The first kappa shape index (κ1) is 14.7. The van der Waals surface area contributed by atoms with Crippen LogP contribution in [-0.4, -0.2) is 0 Å². The number of benzene rings is 1. The molecule has 1 fully saturated rings. The number of rotatable bonds is 5. The van der Waals surface area contributed by atoms with Crippen molar-refractivity contribution in [2.24, 2.45) is 5.92 Å². The van der Waals surface area contributed by atoms with Crippen LogP contribution < -0.4 is 0 Å². The SMILES string of the molecule is CCCCc1ccc([C@H]2CC[C@H](/C=C/Cl)CC2)cc1. The van der Waals surface area contributed by atoms with E-state index in [0.29, 0.717) is 5.92 Å². The summed E-state index contributed by atoms with van der Waals surface area (Å²) in [6.07, 6.45) is 11.1. The lowest BCUT2D eigenvalue weighted by atomic mass is 9.78. The molecule has 1 aliphatic carbocycles. The minimum atomic E-state index is 0.706. The Kier molecular flexibility index (Phi) is 5.97. The average Bonchev–Trinajstić information content (AvgIpc) is 2.47. The molecule has 0 radical (unpaired) electrons. The molecule has 0 unspecified atom stereocenters. The third-order valence-corrected chi connectivity index (χ3v) is 4.53.